The molecular weight excluding hydrogens is 310 g/mol. The van der Waals surface area contributed by atoms with Gasteiger partial charge in [-0.15, -0.1) is 0 Å². The van der Waals surface area contributed by atoms with E-state index in [4.69, 9.17) is 15.2 Å². The molecule has 132 valence electrons. The van der Waals surface area contributed by atoms with Crippen LogP contribution in [-0.4, -0.2) is 40.8 Å². The summed E-state index contributed by atoms with van der Waals surface area (Å²) in [7, 11) is 1.58. The largest absolute Gasteiger partial charge is 0.497 e. The smallest absolute Gasteiger partial charge is 0.411 e. The highest BCUT2D eigenvalue weighted by atomic mass is 16.6. The molecule has 0 aliphatic heterocycles. The first-order chi connectivity index (χ1) is 11.3. The highest BCUT2D eigenvalue weighted by Crippen LogP contribution is 2.36. The Balaban J connectivity index is 2.37. The van der Waals surface area contributed by atoms with Gasteiger partial charge in [-0.05, 0) is 51.3 Å². The fraction of sp³-hybridized carbons (Fsp3) is 0.529. The van der Waals surface area contributed by atoms with Crippen LogP contribution in [0.4, 0.5) is 4.79 Å². The lowest BCUT2D eigenvalue weighted by Gasteiger charge is -2.33. The molecule has 2 rings (SSSR count). The second-order valence-electron chi connectivity index (χ2n) is 6.82. The second-order valence-corrected chi connectivity index (χ2v) is 6.82. The van der Waals surface area contributed by atoms with Gasteiger partial charge in [0, 0.05) is 6.04 Å². The predicted molar refractivity (Wildman–Crippen MR) is 90.2 cm³/mol. The quantitative estimate of drug-likeness (QED) is 0.373. The van der Waals surface area contributed by atoms with Gasteiger partial charge in [0.15, 0.2) is 5.84 Å². The topological polar surface area (TPSA) is 97.4 Å². The van der Waals surface area contributed by atoms with E-state index in [0.29, 0.717) is 5.75 Å². The number of benzene rings is 1. The SMILES string of the molecule is COc1ccc(C(/C(N)=N/O)N(C(=O)OC(C)(C)C)C2CC2)cc1. The molecule has 3 N–H and O–H groups in total. The first-order valence-corrected chi connectivity index (χ1v) is 7.89. The Hall–Kier alpha value is -2.44. The summed E-state index contributed by atoms with van der Waals surface area (Å²) in [6.07, 6.45) is 1.26. The van der Waals surface area contributed by atoms with Gasteiger partial charge in [-0.25, -0.2) is 4.79 Å². The van der Waals surface area contributed by atoms with Gasteiger partial charge in [0.1, 0.15) is 17.4 Å². The van der Waals surface area contributed by atoms with Crippen LogP contribution in [0.3, 0.4) is 0 Å². The van der Waals surface area contributed by atoms with Crippen LogP contribution in [0.15, 0.2) is 29.4 Å². The summed E-state index contributed by atoms with van der Waals surface area (Å²) >= 11 is 0. The molecule has 1 aliphatic carbocycles. The molecule has 1 unspecified atom stereocenters. The van der Waals surface area contributed by atoms with E-state index in [1.54, 1.807) is 36.3 Å². The minimum atomic E-state index is -0.691. The van der Waals surface area contributed by atoms with Crippen molar-refractivity contribution in [1.29, 1.82) is 0 Å². The molecule has 0 spiro atoms. The van der Waals surface area contributed by atoms with E-state index in [0.717, 1.165) is 18.4 Å². The third kappa shape index (κ3) is 4.31. The van der Waals surface area contributed by atoms with E-state index < -0.39 is 17.7 Å². The third-order valence-electron chi connectivity index (χ3n) is 3.65. The fourth-order valence-corrected chi connectivity index (χ4v) is 2.45. The molecule has 0 saturated heterocycles. The van der Waals surface area contributed by atoms with Gasteiger partial charge in [-0.1, -0.05) is 17.3 Å². The maximum absolute atomic E-state index is 12.7. The molecule has 7 nitrogen and oxygen atoms in total. The van der Waals surface area contributed by atoms with Crippen molar-refractivity contribution < 1.29 is 19.5 Å². The first kappa shape index (κ1) is 17.9. The van der Waals surface area contributed by atoms with Gasteiger partial charge >= 0.3 is 6.09 Å². The van der Waals surface area contributed by atoms with E-state index in [-0.39, 0.29) is 11.9 Å². The number of oxime groups is 1. The summed E-state index contributed by atoms with van der Waals surface area (Å²) in [6.45, 7) is 5.42. The predicted octanol–water partition coefficient (Wildman–Crippen LogP) is 2.88. The minimum absolute atomic E-state index is 0.0206. The maximum atomic E-state index is 12.7. The van der Waals surface area contributed by atoms with Crippen molar-refractivity contribution in [3.63, 3.8) is 0 Å². The van der Waals surface area contributed by atoms with E-state index in [1.165, 1.54) is 0 Å². The van der Waals surface area contributed by atoms with Crippen LogP contribution in [-0.2, 0) is 4.74 Å². The van der Waals surface area contributed by atoms with Crippen molar-refractivity contribution >= 4 is 11.9 Å². The maximum Gasteiger partial charge on any atom is 0.411 e. The molecule has 1 atom stereocenters. The molecule has 1 amide bonds. The van der Waals surface area contributed by atoms with E-state index in [2.05, 4.69) is 5.16 Å². The molecule has 7 heteroatoms. The van der Waals surface area contributed by atoms with Crippen LogP contribution in [0.2, 0.25) is 0 Å². The molecular formula is C17H25N3O4. The summed E-state index contributed by atoms with van der Waals surface area (Å²) in [6, 6.07) is 6.46. The Morgan fingerprint density at radius 2 is 1.92 bits per heavy atom. The average molecular weight is 335 g/mol. The van der Waals surface area contributed by atoms with E-state index >= 15 is 0 Å². The molecule has 1 aliphatic rings. The Morgan fingerprint density at radius 3 is 2.33 bits per heavy atom. The van der Waals surface area contributed by atoms with Crippen molar-refractivity contribution in [3.05, 3.63) is 29.8 Å². The summed E-state index contributed by atoms with van der Waals surface area (Å²) in [5.74, 6) is 0.630. The van der Waals surface area contributed by atoms with Gasteiger partial charge < -0.3 is 20.4 Å². The van der Waals surface area contributed by atoms with Crippen molar-refractivity contribution in [3.8, 4) is 5.75 Å². The van der Waals surface area contributed by atoms with Crippen LogP contribution < -0.4 is 10.5 Å². The Kier molecular flexibility index (Phi) is 5.21. The number of methoxy groups -OCH3 is 1. The number of carbonyl (C=O) groups is 1. The lowest BCUT2D eigenvalue weighted by molar-refractivity contribution is 0.0190. The van der Waals surface area contributed by atoms with Crippen LogP contribution in [0.1, 0.15) is 45.2 Å². The van der Waals surface area contributed by atoms with Gasteiger partial charge in [0.25, 0.3) is 0 Å². The van der Waals surface area contributed by atoms with Crippen LogP contribution in [0.5, 0.6) is 5.75 Å². The Labute approximate surface area is 142 Å². The third-order valence-corrected chi connectivity index (χ3v) is 3.65. The lowest BCUT2D eigenvalue weighted by atomic mass is 10.0. The number of ether oxygens (including phenoxy) is 2. The van der Waals surface area contributed by atoms with Crippen molar-refractivity contribution in [2.24, 2.45) is 10.9 Å². The van der Waals surface area contributed by atoms with Crippen LogP contribution in [0.25, 0.3) is 0 Å². The zero-order valence-electron chi connectivity index (χ0n) is 14.5. The minimum Gasteiger partial charge on any atom is -0.497 e. The molecule has 0 radical (unpaired) electrons. The summed E-state index contributed by atoms with van der Waals surface area (Å²) in [4.78, 5) is 14.2. The normalized spacial score (nSPS) is 16.4. The average Bonchev–Trinajstić information content (AvgIpc) is 3.34. The zero-order chi connectivity index (χ0) is 17.9. The summed E-state index contributed by atoms with van der Waals surface area (Å²) < 4.78 is 10.7. The fourth-order valence-electron chi connectivity index (χ4n) is 2.45. The number of amides is 1. The summed E-state index contributed by atoms with van der Waals surface area (Å²) in [5, 5.41) is 12.3. The van der Waals surface area contributed by atoms with Crippen LogP contribution >= 0.6 is 0 Å². The first-order valence-electron chi connectivity index (χ1n) is 7.89. The number of hydrogen-bond donors (Lipinski definition) is 2. The molecule has 1 aromatic carbocycles. The number of nitrogens with two attached hydrogens (primary N) is 1. The van der Waals surface area contributed by atoms with Gasteiger partial charge in [-0.3, -0.25) is 4.90 Å². The molecule has 1 saturated carbocycles. The molecule has 24 heavy (non-hydrogen) atoms. The number of amidine groups is 1. The highest BCUT2D eigenvalue weighted by Gasteiger charge is 2.42. The van der Waals surface area contributed by atoms with Gasteiger partial charge in [-0.2, -0.15) is 0 Å². The Bertz CT molecular complexity index is 603. The highest BCUT2D eigenvalue weighted by molar-refractivity contribution is 5.90. The monoisotopic (exact) mass is 335 g/mol. The molecule has 1 fully saturated rings. The molecule has 0 aromatic heterocycles. The van der Waals surface area contributed by atoms with Gasteiger partial charge in [0.05, 0.1) is 7.11 Å². The standard InChI is InChI=1S/C17H25N3O4/c1-17(2,3)24-16(21)20(12-7-8-12)14(15(18)19-22)11-5-9-13(23-4)10-6-11/h5-6,9-10,12,14,22H,7-8H2,1-4H3,(H2,18,19). The number of hydrogen-bond acceptors (Lipinski definition) is 5. The summed E-state index contributed by atoms with van der Waals surface area (Å²) in [5.41, 5.74) is 6.01. The lowest BCUT2D eigenvalue weighted by Crippen LogP contribution is -2.45. The van der Waals surface area contributed by atoms with Crippen molar-refractivity contribution in [2.75, 3.05) is 7.11 Å². The Morgan fingerprint density at radius 1 is 1.33 bits per heavy atom. The zero-order valence-corrected chi connectivity index (χ0v) is 14.5. The van der Waals surface area contributed by atoms with Crippen molar-refractivity contribution in [1.82, 2.24) is 4.90 Å². The molecule has 0 heterocycles. The number of rotatable bonds is 5. The molecule has 0 bridgehead atoms. The van der Waals surface area contributed by atoms with Gasteiger partial charge in [0.2, 0.25) is 0 Å². The molecule has 1 aromatic rings. The van der Waals surface area contributed by atoms with E-state index in [9.17, 15) is 10.0 Å². The van der Waals surface area contributed by atoms with E-state index in [1.807, 2.05) is 20.8 Å². The van der Waals surface area contributed by atoms with Crippen LogP contribution in [0, 0.1) is 0 Å². The second kappa shape index (κ2) is 6.98. The van der Waals surface area contributed by atoms with Crippen molar-refractivity contribution in [2.45, 2.75) is 51.3 Å². The number of carbonyl (C=O) groups excluding carboxylic acids is 1. The number of nitrogens with zero attached hydrogens (tertiary/aromatic N) is 2.